The minimum absolute atomic E-state index is 0.323. The summed E-state index contributed by atoms with van der Waals surface area (Å²) in [5.74, 6) is -0.897. The zero-order valence-electron chi connectivity index (χ0n) is 14.9. The van der Waals surface area contributed by atoms with Crippen LogP contribution in [-0.4, -0.2) is 31.6 Å². The smallest absolute Gasteiger partial charge is 0.286 e. The Morgan fingerprint density at radius 3 is 2.71 bits per heavy atom. The van der Waals surface area contributed by atoms with Gasteiger partial charge in [-0.2, -0.15) is 5.10 Å². The molecule has 0 unspecified atom stereocenters. The van der Waals surface area contributed by atoms with Gasteiger partial charge in [0.05, 0.1) is 27.2 Å². The van der Waals surface area contributed by atoms with Crippen LogP contribution in [-0.2, 0) is 7.05 Å². The number of rotatable bonds is 3. The topological polar surface area (TPSA) is 105 Å². The summed E-state index contributed by atoms with van der Waals surface area (Å²) in [7, 11) is 1.78. The number of carbonyl (C=O) groups is 2. The lowest BCUT2D eigenvalue weighted by molar-refractivity contribution is 0.0845. The fourth-order valence-corrected chi connectivity index (χ4v) is 3.95. The van der Waals surface area contributed by atoms with E-state index in [2.05, 4.69) is 41.8 Å². The van der Waals surface area contributed by atoms with Gasteiger partial charge in [-0.05, 0) is 46.4 Å². The average molecular weight is 459 g/mol. The van der Waals surface area contributed by atoms with E-state index in [-0.39, 0.29) is 0 Å². The second kappa shape index (κ2) is 7.21. The maximum Gasteiger partial charge on any atom is 0.286 e. The molecule has 0 bridgehead atoms. The number of H-pyrrole nitrogens is 1. The first kappa shape index (κ1) is 18.4. The van der Waals surface area contributed by atoms with Crippen LogP contribution in [0.5, 0.6) is 0 Å². The summed E-state index contributed by atoms with van der Waals surface area (Å²) in [6.07, 6.45) is 1.63. The Hall–Kier alpha value is -2.98. The van der Waals surface area contributed by atoms with Gasteiger partial charge in [-0.25, -0.2) is 4.98 Å². The Labute approximate surface area is 172 Å². The van der Waals surface area contributed by atoms with Gasteiger partial charge in [-0.3, -0.25) is 25.1 Å². The number of thiophene rings is 1. The molecule has 3 N–H and O–H groups in total. The molecule has 28 heavy (non-hydrogen) atoms. The van der Waals surface area contributed by atoms with Crippen molar-refractivity contribution in [1.82, 2.24) is 30.6 Å². The molecule has 0 atom stereocenters. The number of aromatic nitrogens is 4. The van der Waals surface area contributed by atoms with Gasteiger partial charge in [0, 0.05) is 17.7 Å². The van der Waals surface area contributed by atoms with Gasteiger partial charge in [0.25, 0.3) is 11.8 Å². The number of aryl methyl sites for hydroxylation is 2. The van der Waals surface area contributed by atoms with Crippen LogP contribution in [0.25, 0.3) is 21.6 Å². The fourth-order valence-electron chi connectivity index (χ4n) is 2.92. The molecule has 0 aliphatic heterocycles. The molecule has 4 rings (SSSR count). The summed E-state index contributed by atoms with van der Waals surface area (Å²) in [6, 6.07) is 7.20. The lowest BCUT2D eigenvalue weighted by Crippen LogP contribution is -2.41. The predicted octanol–water partition coefficient (Wildman–Crippen LogP) is 3.17. The van der Waals surface area contributed by atoms with Crippen LogP contribution >= 0.6 is 27.3 Å². The van der Waals surface area contributed by atoms with E-state index in [1.165, 1.54) is 11.3 Å². The number of pyridine rings is 1. The summed E-state index contributed by atoms with van der Waals surface area (Å²) in [6.45, 7) is 1.82. The fraction of sp³-hybridized carbons (Fsp3) is 0.111. The van der Waals surface area contributed by atoms with E-state index in [9.17, 15) is 9.59 Å². The number of fused-ring (bicyclic) bond motifs is 1. The van der Waals surface area contributed by atoms with Gasteiger partial charge in [0.15, 0.2) is 5.65 Å². The molecule has 0 aliphatic rings. The first-order valence-corrected chi connectivity index (χ1v) is 9.94. The van der Waals surface area contributed by atoms with Crippen molar-refractivity contribution in [3.05, 3.63) is 57.3 Å². The summed E-state index contributed by atoms with van der Waals surface area (Å²) in [5.41, 5.74) is 7.58. The molecule has 142 valence electrons. The molecule has 8 nitrogen and oxygen atoms in total. The number of nitrogens with one attached hydrogen (secondary N) is 3. The standard InChI is InChI=1S/C18H15BrN6O2S/c1-9-15-11(17(26)22-23-18(27)13-6-10(19)8-20-13)7-12(14-4-3-5-28-14)21-16(15)25(2)24-9/h3-8,20H,1-2H3,(H,22,26)(H,23,27). The summed E-state index contributed by atoms with van der Waals surface area (Å²) in [4.78, 5) is 33.5. The minimum Gasteiger partial charge on any atom is -0.356 e. The van der Waals surface area contributed by atoms with E-state index >= 15 is 0 Å². The molecule has 4 heterocycles. The van der Waals surface area contributed by atoms with Gasteiger partial charge in [0.2, 0.25) is 0 Å². The lowest BCUT2D eigenvalue weighted by atomic mass is 10.1. The Morgan fingerprint density at radius 2 is 2.04 bits per heavy atom. The van der Waals surface area contributed by atoms with Crippen molar-refractivity contribution >= 4 is 50.1 Å². The van der Waals surface area contributed by atoms with E-state index < -0.39 is 11.8 Å². The van der Waals surface area contributed by atoms with Crippen molar-refractivity contribution in [3.8, 4) is 10.6 Å². The SMILES string of the molecule is Cc1nn(C)c2nc(-c3cccs3)cc(C(=O)NNC(=O)c3cc(Br)c[nH]3)c12. The van der Waals surface area contributed by atoms with Gasteiger partial charge < -0.3 is 4.98 Å². The van der Waals surface area contributed by atoms with Gasteiger partial charge in [-0.1, -0.05) is 6.07 Å². The predicted molar refractivity (Wildman–Crippen MR) is 110 cm³/mol. The Kier molecular flexibility index (Phi) is 4.73. The number of nitrogens with zero attached hydrogens (tertiary/aromatic N) is 3. The molecule has 0 saturated heterocycles. The van der Waals surface area contributed by atoms with E-state index in [1.807, 2.05) is 24.4 Å². The molecule has 4 aromatic heterocycles. The van der Waals surface area contributed by atoms with Crippen molar-refractivity contribution in [2.75, 3.05) is 0 Å². The zero-order valence-corrected chi connectivity index (χ0v) is 17.3. The van der Waals surface area contributed by atoms with Crippen LogP contribution in [0.2, 0.25) is 0 Å². The highest BCUT2D eigenvalue weighted by atomic mass is 79.9. The Balaban J connectivity index is 1.68. The molecule has 0 aromatic carbocycles. The molecule has 10 heteroatoms. The first-order valence-electron chi connectivity index (χ1n) is 8.27. The first-order chi connectivity index (χ1) is 13.4. The number of carbonyl (C=O) groups excluding carboxylic acids is 2. The molecule has 0 fully saturated rings. The molecular weight excluding hydrogens is 444 g/mol. The third-order valence-electron chi connectivity index (χ3n) is 4.17. The van der Waals surface area contributed by atoms with E-state index in [0.717, 1.165) is 9.35 Å². The highest BCUT2D eigenvalue weighted by Gasteiger charge is 2.20. The molecule has 0 radical (unpaired) electrons. The van der Waals surface area contributed by atoms with E-state index in [1.54, 1.807) is 30.1 Å². The monoisotopic (exact) mass is 458 g/mol. The molecule has 0 aliphatic carbocycles. The van der Waals surface area contributed by atoms with Crippen LogP contribution in [0.4, 0.5) is 0 Å². The van der Waals surface area contributed by atoms with Gasteiger partial charge in [0.1, 0.15) is 5.69 Å². The number of hydrogen-bond acceptors (Lipinski definition) is 5. The van der Waals surface area contributed by atoms with Crippen molar-refractivity contribution in [2.45, 2.75) is 6.92 Å². The zero-order chi connectivity index (χ0) is 19.8. The molecule has 4 aromatic rings. The van der Waals surface area contributed by atoms with Crippen molar-refractivity contribution in [2.24, 2.45) is 7.05 Å². The van der Waals surface area contributed by atoms with Crippen LogP contribution in [0, 0.1) is 6.92 Å². The highest BCUT2D eigenvalue weighted by Crippen LogP contribution is 2.29. The number of hydrogen-bond donors (Lipinski definition) is 3. The average Bonchev–Trinajstić information content (AvgIpc) is 3.41. The van der Waals surface area contributed by atoms with Gasteiger partial charge >= 0.3 is 0 Å². The van der Waals surface area contributed by atoms with Crippen molar-refractivity contribution in [3.63, 3.8) is 0 Å². The van der Waals surface area contributed by atoms with Crippen molar-refractivity contribution < 1.29 is 9.59 Å². The largest absolute Gasteiger partial charge is 0.356 e. The minimum atomic E-state index is -0.453. The molecule has 0 saturated carbocycles. The third kappa shape index (κ3) is 3.32. The second-order valence-electron chi connectivity index (χ2n) is 6.08. The van der Waals surface area contributed by atoms with E-state index in [0.29, 0.717) is 33.7 Å². The third-order valence-corrected chi connectivity index (χ3v) is 5.52. The number of hydrazine groups is 1. The summed E-state index contributed by atoms with van der Waals surface area (Å²) in [5, 5.41) is 6.98. The van der Waals surface area contributed by atoms with E-state index in [4.69, 9.17) is 0 Å². The maximum absolute atomic E-state index is 12.9. The van der Waals surface area contributed by atoms with Gasteiger partial charge in [-0.15, -0.1) is 11.3 Å². The van der Waals surface area contributed by atoms with Crippen LogP contribution in [0.3, 0.4) is 0 Å². The number of halogens is 1. The molecule has 2 amide bonds. The van der Waals surface area contributed by atoms with Crippen LogP contribution in [0.1, 0.15) is 26.5 Å². The summed E-state index contributed by atoms with van der Waals surface area (Å²) < 4.78 is 2.39. The maximum atomic E-state index is 12.9. The van der Waals surface area contributed by atoms with Crippen molar-refractivity contribution in [1.29, 1.82) is 0 Å². The Morgan fingerprint density at radius 1 is 1.25 bits per heavy atom. The Bertz CT molecular complexity index is 1190. The van der Waals surface area contributed by atoms with Crippen LogP contribution in [0.15, 0.2) is 40.3 Å². The number of aromatic amines is 1. The molecular formula is C18H15BrN6O2S. The molecule has 0 spiro atoms. The normalized spacial score (nSPS) is 11.0. The lowest BCUT2D eigenvalue weighted by Gasteiger charge is -2.09. The number of amides is 2. The quantitative estimate of drug-likeness (QED) is 0.410. The summed E-state index contributed by atoms with van der Waals surface area (Å²) >= 11 is 4.80. The second-order valence-corrected chi connectivity index (χ2v) is 7.94. The highest BCUT2D eigenvalue weighted by molar-refractivity contribution is 9.10. The van der Waals surface area contributed by atoms with Crippen LogP contribution < -0.4 is 10.9 Å².